The molecule has 5 nitrogen and oxygen atoms in total. The summed E-state index contributed by atoms with van der Waals surface area (Å²) in [6.45, 7) is 23.3. The van der Waals surface area contributed by atoms with Gasteiger partial charge in [0.25, 0.3) is 0 Å². The Kier molecular flexibility index (Phi) is 13.7. The fourth-order valence-electron chi connectivity index (χ4n) is 6.10. The molecule has 1 aromatic rings. The quantitative estimate of drug-likeness (QED) is 0.144. The minimum absolute atomic E-state index is 0.145. The summed E-state index contributed by atoms with van der Waals surface area (Å²) in [5.74, 6) is 2.17. The lowest BCUT2D eigenvalue weighted by molar-refractivity contribution is -0.143. The Hall–Kier alpha value is -2.08. The first kappa shape index (κ1) is 34.4. The summed E-state index contributed by atoms with van der Waals surface area (Å²) >= 11 is 0. The van der Waals surface area contributed by atoms with Gasteiger partial charge in [-0.1, -0.05) is 34.9 Å². The number of hydrogen-bond donors (Lipinski definition) is 0. The van der Waals surface area contributed by atoms with Crippen LogP contribution in [0.2, 0.25) is 0 Å². The molecule has 3 rings (SSSR count). The van der Waals surface area contributed by atoms with Crippen molar-refractivity contribution in [1.29, 1.82) is 0 Å². The first-order valence-corrected chi connectivity index (χ1v) is 16.4. The highest BCUT2D eigenvalue weighted by Gasteiger charge is 2.36. The van der Waals surface area contributed by atoms with Crippen LogP contribution in [-0.2, 0) is 22.4 Å². The van der Waals surface area contributed by atoms with Crippen molar-refractivity contribution < 1.29 is 18.9 Å². The van der Waals surface area contributed by atoms with Crippen LogP contribution in [0.25, 0.3) is 0 Å². The van der Waals surface area contributed by atoms with E-state index in [-0.39, 0.29) is 11.9 Å². The molecule has 0 amide bonds. The Bertz CT molecular complexity index is 1110. The van der Waals surface area contributed by atoms with Gasteiger partial charge in [-0.15, -0.1) is 0 Å². The molecule has 1 atom stereocenters. The predicted molar refractivity (Wildman–Crippen MR) is 175 cm³/mol. The van der Waals surface area contributed by atoms with Crippen LogP contribution >= 0.6 is 0 Å². The average Bonchev–Trinajstić information content (AvgIpc) is 2.94. The standard InChI is InChI=1S/C37H59NO4/c1-10-39-34(40-11-2)21-24-38-25-33-32-20-23-37(9,42-36(32)31(8)30(7)35(33)41-26-38)22-14-19-29(6)18-13-17-28(5)16-12-15-27(3)4/h15,17,19,34H,10-14,16,18,20-26H2,1-9H3/b28-17+,29-19+/t37-/m1/s1. The minimum Gasteiger partial charge on any atom is -0.487 e. The normalized spacial score (nSPS) is 19.3. The number of rotatable bonds is 16. The molecule has 0 spiro atoms. The fourth-order valence-corrected chi connectivity index (χ4v) is 6.10. The summed E-state index contributed by atoms with van der Waals surface area (Å²) in [6.07, 6.45) is 16.6. The van der Waals surface area contributed by atoms with Gasteiger partial charge in [0.2, 0.25) is 0 Å². The van der Waals surface area contributed by atoms with Crippen LogP contribution in [0.4, 0.5) is 0 Å². The van der Waals surface area contributed by atoms with Crippen molar-refractivity contribution in [2.24, 2.45) is 0 Å². The summed E-state index contributed by atoms with van der Waals surface area (Å²) < 4.78 is 24.8. The van der Waals surface area contributed by atoms with Gasteiger partial charge in [0.1, 0.15) is 23.8 Å². The van der Waals surface area contributed by atoms with E-state index in [9.17, 15) is 0 Å². The molecule has 0 saturated heterocycles. The largest absolute Gasteiger partial charge is 0.487 e. The maximum atomic E-state index is 6.89. The topological polar surface area (TPSA) is 40.2 Å². The molecule has 5 heteroatoms. The summed E-state index contributed by atoms with van der Waals surface area (Å²) in [5.41, 5.74) is 9.36. The van der Waals surface area contributed by atoms with Crippen LogP contribution < -0.4 is 9.47 Å². The molecule has 0 aromatic heterocycles. The van der Waals surface area contributed by atoms with Crippen LogP contribution in [-0.4, -0.2) is 43.3 Å². The van der Waals surface area contributed by atoms with Gasteiger partial charge in [-0.05, 0) is 125 Å². The summed E-state index contributed by atoms with van der Waals surface area (Å²) in [6, 6.07) is 0. The van der Waals surface area contributed by atoms with Gasteiger partial charge in [-0.25, -0.2) is 0 Å². The van der Waals surface area contributed by atoms with E-state index >= 15 is 0 Å². The molecule has 0 aliphatic carbocycles. The number of hydrogen-bond acceptors (Lipinski definition) is 5. The van der Waals surface area contributed by atoms with E-state index in [1.54, 1.807) is 0 Å². The summed E-state index contributed by atoms with van der Waals surface area (Å²) in [5, 5.41) is 0. The van der Waals surface area contributed by atoms with E-state index in [2.05, 4.69) is 71.6 Å². The van der Waals surface area contributed by atoms with Crippen molar-refractivity contribution in [2.45, 2.75) is 139 Å². The highest BCUT2D eigenvalue weighted by atomic mass is 16.7. The third-order valence-corrected chi connectivity index (χ3v) is 8.86. The van der Waals surface area contributed by atoms with Gasteiger partial charge in [0.05, 0.1) is 0 Å². The Morgan fingerprint density at radius 3 is 2.14 bits per heavy atom. The zero-order valence-electron chi connectivity index (χ0n) is 28.3. The van der Waals surface area contributed by atoms with Gasteiger partial charge < -0.3 is 18.9 Å². The zero-order chi connectivity index (χ0) is 30.7. The number of ether oxygens (including phenoxy) is 4. The molecule has 42 heavy (non-hydrogen) atoms. The van der Waals surface area contributed by atoms with Crippen LogP contribution in [0.5, 0.6) is 11.5 Å². The van der Waals surface area contributed by atoms with Crippen molar-refractivity contribution >= 4 is 0 Å². The van der Waals surface area contributed by atoms with Crippen molar-refractivity contribution in [3.05, 3.63) is 57.2 Å². The van der Waals surface area contributed by atoms with Gasteiger partial charge >= 0.3 is 0 Å². The Morgan fingerprint density at radius 1 is 0.881 bits per heavy atom. The molecule has 1 aromatic carbocycles. The lowest BCUT2D eigenvalue weighted by Crippen LogP contribution is -2.39. The molecule has 0 N–H and O–H groups in total. The monoisotopic (exact) mass is 581 g/mol. The van der Waals surface area contributed by atoms with Crippen molar-refractivity contribution in [3.63, 3.8) is 0 Å². The number of fused-ring (bicyclic) bond motifs is 3. The van der Waals surface area contributed by atoms with Crippen molar-refractivity contribution in [1.82, 2.24) is 4.90 Å². The first-order chi connectivity index (χ1) is 20.1. The Labute approximate surface area is 257 Å². The molecule has 2 aliphatic heterocycles. The molecule has 0 saturated carbocycles. The third kappa shape index (κ3) is 9.99. The second-order valence-electron chi connectivity index (χ2n) is 12.9. The van der Waals surface area contributed by atoms with Gasteiger partial charge in [0.15, 0.2) is 6.29 Å². The number of benzene rings is 1. The van der Waals surface area contributed by atoms with E-state index in [0.29, 0.717) is 19.9 Å². The van der Waals surface area contributed by atoms with Crippen LogP contribution in [0.1, 0.15) is 122 Å². The van der Waals surface area contributed by atoms with Crippen LogP contribution in [0.15, 0.2) is 34.9 Å². The fraction of sp³-hybridized carbons (Fsp3) is 0.676. The maximum Gasteiger partial charge on any atom is 0.158 e. The molecule has 2 aliphatic rings. The lowest BCUT2D eigenvalue weighted by atomic mass is 9.84. The van der Waals surface area contributed by atoms with Crippen LogP contribution in [0.3, 0.4) is 0 Å². The van der Waals surface area contributed by atoms with E-state index < -0.39 is 0 Å². The second-order valence-corrected chi connectivity index (χ2v) is 12.9. The van der Waals surface area contributed by atoms with E-state index in [0.717, 1.165) is 76.0 Å². The summed E-state index contributed by atoms with van der Waals surface area (Å²) in [7, 11) is 0. The molecule has 0 bridgehead atoms. The van der Waals surface area contributed by atoms with Crippen molar-refractivity contribution in [2.75, 3.05) is 26.5 Å². The van der Waals surface area contributed by atoms with Gasteiger partial charge in [0, 0.05) is 43.9 Å². The first-order valence-electron chi connectivity index (χ1n) is 16.4. The SMILES string of the molecule is CCOC(CCN1COc2c(C)c(C)c3c(c2C1)CC[C@@](C)(CC/C=C(\C)CC/C=C(\C)CCC=C(C)C)O3)OCC. The minimum atomic E-state index is -0.157. The third-order valence-electron chi connectivity index (χ3n) is 8.86. The number of nitrogens with zero attached hydrogens (tertiary/aromatic N) is 1. The molecular formula is C37H59NO4. The average molecular weight is 582 g/mol. The summed E-state index contributed by atoms with van der Waals surface area (Å²) in [4.78, 5) is 2.36. The van der Waals surface area contributed by atoms with E-state index in [1.165, 1.54) is 45.4 Å². The highest BCUT2D eigenvalue weighted by molar-refractivity contribution is 5.60. The molecule has 0 fully saturated rings. The van der Waals surface area contributed by atoms with Crippen LogP contribution in [0, 0.1) is 13.8 Å². The van der Waals surface area contributed by atoms with E-state index in [1.807, 2.05) is 13.8 Å². The molecule has 0 unspecified atom stereocenters. The maximum absolute atomic E-state index is 6.89. The van der Waals surface area contributed by atoms with Gasteiger partial charge in [-0.2, -0.15) is 0 Å². The molecule has 236 valence electrons. The second kappa shape index (κ2) is 16.7. The smallest absolute Gasteiger partial charge is 0.158 e. The predicted octanol–water partition coefficient (Wildman–Crippen LogP) is 9.53. The zero-order valence-corrected chi connectivity index (χ0v) is 28.3. The molecule has 2 heterocycles. The highest BCUT2D eigenvalue weighted by Crippen LogP contribution is 2.46. The number of allylic oxidation sites excluding steroid dienone is 6. The van der Waals surface area contributed by atoms with E-state index in [4.69, 9.17) is 18.9 Å². The lowest BCUT2D eigenvalue weighted by Gasteiger charge is -2.40. The van der Waals surface area contributed by atoms with Crippen molar-refractivity contribution in [3.8, 4) is 11.5 Å². The van der Waals surface area contributed by atoms with Gasteiger partial charge in [-0.3, -0.25) is 4.90 Å². The Morgan fingerprint density at radius 2 is 1.50 bits per heavy atom. The molecular weight excluding hydrogens is 522 g/mol. The Balaban J connectivity index is 1.59. The molecule has 0 radical (unpaired) electrons.